The lowest BCUT2D eigenvalue weighted by Gasteiger charge is -2.28. The van der Waals surface area contributed by atoms with Gasteiger partial charge in [-0.15, -0.1) is 0 Å². The number of carbonyl (C=O) groups is 3. The second kappa shape index (κ2) is 14.3. The summed E-state index contributed by atoms with van der Waals surface area (Å²) in [7, 11) is 0. The van der Waals surface area contributed by atoms with Crippen molar-refractivity contribution in [3.8, 4) is 11.3 Å². The molecule has 2 aromatic carbocycles. The fourth-order valence-electron chi connectivity index (χ4n) is 5.93. The fraction of sp³-hybridized carbons (Fsp3) is 0.257. The first kappa shape index (κ1) is 34.0. The predicted octanol–water partition coefficient (Wildman–Crippen LogP) is 5.27. The number of imidazole rings is 1. The summed E-state index contributed by atoms with van der Waals surface area (Å²) in [6.07, 6.45) is 1.74. The summed E-state index contributed by atoms with van der Waals surface area (Å²) in [6.45, 7) is 3.27. The van der Waals surface area contributed by atoms with E-state index in [1.54, 1.807) is 18.3 Å². The average Bonchev–Trinajstić information content (AvgIpc) is 3.76. The Morgan fingerprint density at radius 3 is 2.30 bits per heavy atom. The molecule has 0 unspecified atom stereocenters. The van der Waals surface area contributed by atoms with Crippen LogP contribution in [0.3, 0.4) is 0 Å². The number of hydrogen-bond donors (Lipinski definition) is 2. The summed E-state index contributed by atoms with van der Waals surface area (Å²) in [4.78, 5) is 47.3. The molecule has 0 saturated carbocycles. The zero-order chi connectivity index (χ0) is 35.4. The maximum absolute atomic E-state index is 13.2. The first-order chi connectivity index (χ1) is 24.0. The van der Waals surface area contributed by atoms with E-state index in [-0.39, 0.29) is 5.91 Å². The van der Waals surface area contributed by atoms with Gasteiger partial charge in [-0.3, -0.25) is 4.79 Å². The lowest BCUT2D eigenvalue weighted by molar-refractivity contribution is -0.192. The molecule has 0 bridgehead atoms. The number of hydrogen-bond acceptors (Lipinski definition) is 8. The van der Waals surface area contributed by atoms with Crippen LogP contribution in [-0.4, -0.2) is 97.6 Å². The molecule has 5 aromatic rings. The number of para-hydroxylation sites is 1. The lowest BCUT2D eigenvalue weighted by Crippen LogP contribution is -2.40. The Labute approximate surface area is 283 Å². The summed E-state index contributed by atoms with van der Waals surface area (Å²) in [5.74, 6) is -4.00. The van der Waals surface area contributed by atoms with Crippen molar-refractivity contribution in [3.05, 3.63) is 89.9 Å². The van der Waals surface area contributed by atoms with Crippen LogP contribution in [0.1, 0.15) is 34.6 Å². The summed E-state index contributed by atoms with van der Waals surface area (Å²) in [6, 6.07) is 20.5. The minimum absolute atomic E-state index is 0.273. The van der Waals surface area contributed by atoms with Gasteiger partial charge in [0.1, 0.15) is 11.7 Å². The highest BCUT2D eigenvalue weighted by Gasteiger charge is 2.38. The Morgan fingerprint density at radius 2 is 1.60 bits per heavy atom. The van der Waals surface area contributed by atoms with Crippen molar-refractivity contribution in [2.45, 2.75) is 25.1 Å². The molecule has 3 aromatic heterocycles. The first-order valence-corrected chi connectivity index (χ1v) is 15.7. The van der Waals surface area contributed by atoms with Gasteiger partial charge in [-0.2, -0.15) is 18.3 Å². The number of carboxylic acid groups (broad SMARTS) is 2. The second-order valence-electron chi connectivity index (χ2n) is 11.5. The number of aliphatic carboxylic acids is 2. The summed E-state index contributed by atoms with van der Waals surface area (Å²) >= 11 is 0. The fourth-order valence-corrected chi connectivity index (χ4v) is 5.93. The Kier molecular flexibility index (Phi) is 9.76. The minimum atomic E-state index is -5.08. The normalized spacial score (nSPS) is 16.5. The lowest BCUT2D eigenvalue weighted by atomic mass is 10.1. The molecule has 50 heavy (non-hydrogen) atoms. The van der Waals surface area contributed by atoms with E-state index in [4.69, 9.17) is 24.6 Å². The van der Waals surface area contributed by atoms with Crippen LogP contribution in [0.4, 0.5) is 18.9 Å². The van der Waals surface area contributed by atoms with Crippen LogP contribution in [-0.2, 0) is 14.3 Å². The van der Waals surface area contributed by atoms with Crippen LogP contribution in [0, 0.1) is 0 Å². The number of aromatic nitrogens is 4. The third kappa shape index (κ3) is 7.27. The second-order valence-corrected chi connectivity index (χ2v) is 11.5. The van der Waals surface area contributed by atoms with Gasteiger partial charge in [0.15, 0.2) is 5.65 Å². The van der Waals surface area contributed by atoms with Crippen molar-refractivity contribution in [1.82, 2.24) is 24.5 Å². The third-order valence-electron chi connectivity index (χ3n) is 8.36. The van der Waals surface area contributed by atoms with Gasteiger partial charge >= 0.3 is 18.1 Å². The molecule has 2 aliphatic rings. The monoisotopic (exact) mass is 688 g/mol. The minimum Gasteiger partial charge on any atom is -0.480 e. The molecule has 7 rings (SSSR count). The summed E-state index contributed by atoms with van der Waals surface area (Å²) in [5.41, 5.74) is 6.21. The van der Waals surface area contributed by atoms with Gasteiger partial charge < -0.3 is 24.7 Å². The van der Waals surface area contributed by atoms with Crippen molar-refractivity contribution in [1.29, 1.82) is 0 Å². The number of likely N-dealkylation sites (tertiary alicyclic amines) is 1. The van der Waals surface area contributed by atoms with Crippen LogP contribution >= 0.6 is 0 Å². The third-order valence-corrected chi connectivity index (χ3v) is 8.36. The number of pyridine rings is 1. The number of carbonyl (C=O) groups excluding carboxylic acids is 1. The standard InChI is InChI=1S/C33H30N6O4.C2HF3O2/c40-32(38-17-3-6-29(38)33(41)42)24-9-7-23(8-10-24)30-27(14-13-25-12-11-22-4-1-2-5-26(22)35-25)36-31-28(15-16-34-39(30)31)37-18-20-43-21-19-37;3-2(4,5)1(6)7/h1-2,4-5,7-16,29H,3,6,17-21H2,(H,41,42);(H,6,7)/t29-;/m0./s1. The van der Waals surface area contributed by atoms with Gasteiger partial charge in [-0.25, -0.2) is 24.1 Å². The molecule has 12 nitrogen and oxygen atoms in total. The van der Waals surface area contributed by atoms with E-state index in [0.717, 1.165) is 52.3 Å². The van der Waals surface area contributed by atoms with E-state index in [9.17, 15) is 27.9 Å². The summed E-state index contributed by atoms with van der Waals surface area (Å²) < 4.78 is 39.1. The van der Waals surface area contributed by atoms with Gasteiger partial charge in [0.25, 0.3) is 5.91 Å². The van der Waals surface area contributed by atoms with Crippen molar-refractivity contribution in [2.24, 2.45) is 0 Å². The van der Waals surface area contributed by atoms with Crippen molar-refractivity contribution in [3.63, 3.8) is 0 Å². The number of benzene rings is 2. The van der Waals surface area contributed by atoms with Gasteiger partial charge in [-0.1, -0.05) is 36.4 Å². The Balaban J connectivity index is 0.000000561. The van der Waals surface area contributed by atoms with Crippen molar-refractivity contribution < 1.29 is 42.5 Å². The molecule has 0 radical (unpaired) electrons. The molecule has 1 amide bonds. The number of halogens is 3. The first-order valence-electron chi connectivity index (χ1n) is 15.7. The molecular formula is C35H31F3N6O6. The highest BCUT2D eigenvalue weighted by Crippen LogP contribution is 2.31. The molecule has 2 fully saturated rings. The number of ether oxygens (including phenoxy) is 1. The van der Waals surface area contributed by atoms with E-state index in [1.165, 1.54) is 4.90 Å². The number of rotatable bonds is 6. The van der Waals surface area contributed by atoms with E-state index in [2.05, 4.69) is 16.1 Å². The van der Waals surface area contributed by atoms with E-state index in [0.29, 0.717) is 43.9 Å². The van der Waals surface area contributed by atoms with E-state index in [1.807, 2.05) is 65.2 Å². The zero-order valence-electron chi connectivity index (χ0n) is 26.5. The van der Waals surface area contributed by atoms with Crippen LogP contribution in [0.5, 0.6) is 0 Å². The molecule has 0 spiro atoms. The Bertz CT molecular complexity index is 2080. The average molecular weight is 689 g/mol. The number of nitrogens with zero attached hydrogens (tertiary/aromatic N) is 6. The van der Waals surface area contributed by atoms with Crippen LogP contribution in [0.2, 0.25) is 0 Å². The SMILES string of the molecule is O=C(O)C(F)(F)F.O=C(O)[C@@H]1CCCN1C(=O)c1ccc(-c2c(C=Cc3ccc4ccccc4n3)nc3c(N4CCOCC4)ccnn23)cc1. The highest BCUT2D eigenvalue weighted by molar-refractivity contribution is 5.97. The largest absolute Gasteiger partial charge is 0.490 e. The number of carboxylic acids is 2. The smallest absolute Gasteiger partial charge is 0.480 e. The Hall–Kier alpha value is -5.83. The molecule has 2 aliphatic heterocycles. The number of morpholine rings is 1. The molecule has 15 heteroatoms. The summed E-state index contributed by atoms with van der Waals surface area (Å²) in [5, 5.41) is 22.4. The van der Waals surface area contributed by atoms with E-state index < -0.39 is 24.2 Å². The maximum Gasteiger partial charge on any atom is 0.490 e. The zero-order valence-corrected chi connectivity index (χ0v) is 26.5. The Morgan fingerprint density at radius 1 is 0.880 bits per heavy atom. The van der Waals surface area contributed by atoms with Crippen LogP contribution in [0.25, 0.3) is 40.0 Å². The topological polar surface area (TPSA) is 150 Å². The molecule has 0 aliphatic carbocycles. The molecular weight excluding hydrogens is 657 g/mol. The molecule has 2 saturated heterocycles. The predicted molar refractivity (Wildman–Crippen MR) is 178 cm³/mol. The number of fused-ring (bicyclic) bond motifs is 2. The van der Waals surface area contributed by atoms with Gasteiger partial charge in [-0.05, 0) is 55.3 Å². The van der Waals surface area contributed by atoms with Crippen LogP contribution in [0.15, 0.2) is 72.9 Å². The molecule has 5 heterocycles. The van der Waals surface area contributed by atoms with Gasteiger partial charge in [0.05, 0.1) is 42.0 Å². The van der Waals surface area contributed by atoms with Crippen molar-refractivity contribution in [2.75, 3.05) is 37.7 Å². The quantitative estimate of drug-likeness (QED) is 0.241. The number of amides is 1. The number of anilines is 1. The molecule has 258 valence electrons. The van der Waals surface area contributed by atoms with Crippen LogP contribution < -0.4 is 4.90 Å². The number of alkyl halides is 3. The van der Waals surface area contributed by atoms with E-state index >= 15 is 0 Å². The van der Waals surface area contributed by atoms with Crippen molar-refractivity contribution >= 4 is 52.2 Å². The highest BCUT2D eigenvalue weighted by atomic mass is 19.4. The maximum atomic E-state index is 13.2. The molecule has 1 atom stereocenters. The van der Waals surface area contributed by atoms with Gasteiger partial charge in [0.2, 0.25) is 0 Å². The van der Waals surface area contributed by atoms with Gasteiger partial charge in [0, 0.05) is 36.1 Å². The molecule has 2 N–H and O–H groups in total.